The van der Waals surface area contributed by atoms with Crippen molar-refractivity contribution in [3.63, 3.8) is 0 Å². The van der Waals surface area contributed by atoms with E-state index >= 15 is 0 Å². The van der Waals surface area contributed by atoms with Crippen molar-refractivity contribution in [2.45, 2.75) is 10.5 Å². The first-order valence-corrected chi connectivity index (χ1v) is 9.17. The Morgan fingerprint density at radius 3 is 2.56 bits per heavy atom. The van der Waals surface area contributed by atoms with Gasteiger partial charge in [-0.25, -0.2) is 12.8 Å². The highest BCUT2D eigenvalue weighted by Crippen LogP contribution is 2.38. The molecule has 1 aromatic heterocycles. The number of benzene rings is 2. The van der Waals surface area contributed by atoms with Gasteiger partial charge in [-0.15, -0.1) is 0 Å². The number of aromatic nitrogens is 1. The maximum absolute atomic E-state index is 13.9. The maximum Gasteiger partial charge on any atom is 0.243 e. The van der Waals surface area contributed by atoms with Crippen molar-refractivity contribution in [3.05, 3.63) is 72.2 Å². The summed E-state index contributed by atoms with van der Waals surface area (Å²) in [4.78, 5) is 4.30. The van der Waals surface area contributed by atoms with Gasteiger partial charge in [0, 0.05) is 30.2 Å². The number of hydrogen-bond donors (Lipinski definition) is 1. The number of nitrogens with zero attached hydrogens (tertiary/aromatic N) is 2. The van der Waals surface area contributed by atoms with E-state index in [1.165, 1.54) is 24.3 Å². The van der Waals surface area contributed by atoms with Gasteiger partial charge < -0.3 is 5.11 Å². The summed E-state index contributed by atoms with van der Waals surface area (Å²) >= 11 is 0. The van der Waals surface area contributed by atoms with Crippen LogP contribution in [0.3, 0.4) is 0 Å². The van der Waals surface area contributed by atoms with Gasteiger partial charge in [0.25, 0.3) is 0 Å². The molecule has 128 valence electrons. The van der Waals surface area contributed by atoms with E-state index in [9.17, 15) is 17.9 Å². The molecule has 1 fully saturated rings. The second-order valence-electron chi connectivity index (χ2n) is 6.11. The number of sulfonamides is 1. The molecular weight excluding hydrogens is 343 g/mol. The van der Waals surface area contributed by atoms with E-state index in [-0.39, 0.29) is 23.5 Å². The predicted octanol–water partition coefficient (Wildman–Crippen LogP) is 2.27. The molecule has 0 saturated carbocycles. The molecule has 1 saturated heterocycles. The van der Waals surface area contributed by atoms with Crippen LogP contribution in [0.5, 0.6) is 0 Å². The number of fused-ring (bicyclic) bond motifs is 1. The lowest BCUT2D eigenvalue weighted by Gasteiger charge is -2.45. The molecule has 0 bridgehead atoms. The van der Waals surface area contributed by atoms with Crippen molar-refractivity contribution >= 4 is 20.9 Å². The first-order chi connectivity index (χ1) is 11.9. The Morgan fingerprint density at radius 1 is 1.04 bits per heavy atom. The molecule has 0 spiro atoms. The van der Waals surface area contributed by atoms with Crippen molar-refractivity contribution in [1.82, 2.24) is 9.29 Å². The summed E-state index contributed by atoms with van der Waals surface area (Å²) in [5.74, 6) is -0.545. The zero-order valence-corrected chi connectivity index (χ0v) is 13.9. The van der Waals surface area contributed by atoms with Gasteiger partial charge in [0.05, 0.1) is 10.4 Å². The summed E-state index contributed by atoms with van der Waals surface area (Å²) in [6.07, 6.45) is 1.60. The summed E-state index contributed by atoms with van der Waals surface area (Å²) < 4.78 is 40.9. The van der Waals surface area contributed by atoms with Gasteiger partial charge in [0.1, 0.15) is 11.4 Å². The van der Waals surface area contributed by atoms with Crippen molar-refractivity contribution in [2.75, 3.05) is 13.1 Å². The van der Waals surface area contributed by atoms with Gasteiger partial charge >= 0.3 is 0 Å². The Labute approximate surface area is 144 Å². The first kappa shape index (κ1) is 16.1. The predicted molar refractivity (Wildman–Crippen MR) is 90.8 cm³/mol. The Bertz CT molecular complexity index is 1060. The molecule has 0 radical (unpaired) electrons. The summed E-state index contributed by atoms with van der Waals surface area (Å²) in [6, 6.07) is 14.1. The molecule has 0 atom stereocenters. The zero-order valence-electron chi connectivity index (χ0n) is 13.1. The highest BCUT2D eigenvalue weighted by atomic mass is 32.2. The molecule has 7 heteroatoms. The lowest BCUT2D eigenvalue weighted by atomic mass is 9.88. The van der Waals surface area contributed by atoms with Crippen LogP contribution in [-0.2, 0) is 15.6 Å². The number of aliphatic hydroxyl groups is 1. The van der Waals surface area contributed by atoms with E-state index in [1.54, 1.807) is 36.5 Å². The lowest BCUT2D eigenvalue weighted by Crippen LogP contribution is -2.61. The summed E-state index contributed by atoms with van der Waals surface area (Å²) in [5, 5.41) is 11.1. The largest absolute Gasteiger partial charge is 0.382 e. The lowest BCUT2D eigenvalue weighted by molar-refractivity contribution is -0.0672. The van der Waals surface area contributed by atoms with Crippen molar-refractivity contribution < 1.29 is 17.9 Å². The van der Waals surface area contributed by atoms with Crippen LogP contribution in [0.25, 0.3) is 10.9 Å². The number of halogens is 1. The van der Waals surface area contributed by atoms with E-state index < -0.39 is 21.4 Å². The standard InChI is InChI=1S/C18H15FN2O3S/c19-15-7-2-1-6-14(15)18(22)11-21(12-18)25(23,24)17-9-3-8-16-13(17)5-4-10-20-16/h1-10,22H,11-12H2. The normalized spacial score (nSPS) is 17.4. The van der Waals surface area contributed by atoms with Crippen LogP contribution in [0.15, 0.2) is 65.7 Å². The average molecular weight is 358 g/mol. The molecular formula is C18H15FN2O3S. The summed E-state index contributed by atoms with van der Waals surface area (Å²) in [5.41, 5.74) is -0.823. The van der Waals surface area contributed by atoms with Gasteiger partial charge in [0.2, 0.25) is 10.0 Å². The number of pyridine rings is 1. The molecule has 0 aliphatic carbocycles. The molecule has 3 aromatic rings. The molecule has 4 rings (SSSR count). The van der Waals surface area contributed by atoms with E-state index in [2.05, 4.69) is 4.98 Å². The van der Waals surface area contributed by atoms with Crippen LogP contribution >= 0.6 is 0 Å². The smallest absolute Gasteiger partial charge is 0.243 e. The Kier molecular flexibility index (Phi) is 3.61. The van der Waals surface area contributed by atoms with Gasteiger partial charge in [-0.2, -0.15) is 4.31 Å². The fourth-order valence-corrected chi connectivity index (χ4v) is 4.90. The van der Waals surface area contributed by atoms with Crippen LogP contribution in [0.1, 0.15) is 5.56 Å². The molecule has 1 aliphatic heterocycles. The van der Waals surface area contributed by atoms with Gasteiger partial charge in [-0.3, -0.25) is 4.98 Å². The minimum atomic E-state index is -3.81. The highest BCUT2D eigenvalue weighted by Gasteiger charge is 2.49. The van der Waals surface area contributed by atoms with Gasteiger partial charge in [-0.1, -0.05) is 24.3 Å². The van der Waals surface area contributed by atoms with E-state index in [1.807, 2.05) is 0 Å². The number of rotatable bonds is 3. The van der Waals surface area contributed by atoms with Crippen LogP contribution in [0.4, 0.5) is 4.39 Å². The van der Waals surface area contributed by atoms with E-state index in [4.69, 9.17) is 0 Å². The monoisotopic (exact) mass is 358 g/mol. The van der Waals surface area contributed by atoms with E-state index in [0.29, 0.717) is 10.9 Å². The molecule has 2 aromatic carbocycles. The molecule has 1 aliphatic rings. The first-order valence-electron chi connectivity index (χ1n) is 7.73. The maximum atomic E-state index is 13.9. The average Bonchev–Trinajstić information content (AvgIpc) is 2.59. The quantitative estimate of drug-likeness (QED) is 0.780. The minimum absolute atomic E-state index is 0.112. The molecule has 25 heavy (non-hydrogen) atoms. The minimum Gasteiger partial charge on any atom is -0.382 e. The van der Waals surface area contributed by atoms with Gasteiger partial charge in [0.15, 0.2) is 0 Å². The van der Waals surface area contributed by atoms with Crippen molar-refractivity contribution in [1.29, 1.82) is 0 Å². The molecule has 5 nitrogen and oxygen atoms in total. The van der Waals surface area contributed by atoms with Crippen LogP contribution in [0, 0.1) is 5.82 Å². The highest BCUT2D eigenvalue weighted by molar-refractivity contribution is 7.89. The third-order valence-corrected chi connectivity index (χ3v) is 6.32. The fourth-order valence-electron chi connectivity index (χ4n) is 3.16. The third-order valence-electron chi connectivity index (χ3n) is 4.47. The van der Waals surface area contributed by atoms with Crippen LogP contribution in [-0.4, -0.2) is 35.9 Å². The zero-order chi connectivity index (χ0) is 17.7. The Balaban J connectivity index is 1.68. The molecule has 0 amide bonds. The fraction of sp³-hybridized carbons (Fsp3) is 0.167. The summed E-state index contributed by atoms with van der Waals surface area (Å²) in [6.45, 7) is -0.375. The molecule has 1 N–H and O–H groups in total. The number of β-amino-alcohol motifs (C(OH)–C–C–N with tert-alkyl or cyclic N) is 1. The van der Waals surface area contributed by atoms with Gasteiger partial charge in [-0.05, 0) is 30.3 Å². The van der Waals surface area contributed by atoms with Crippen molar-refractivity contribution in [3.8, 4) is 0 Å². The molecule has 2 heterocycles. The third kappa shape index (κ3) is 2.52. The van der Waals surface area contributed by atoms with E-state index in [0.717, 1.165) is 4.31 Å². The second-order valence-corrected chi connectivity index (χ2v) is 8.02. The summed E-state index contributed by atoms with van der Waals surface area (Å²) in [7, 11) is -3.81. The second kappa shape index (κ2) is 5.59. The van der Waals surface area contributed by atoms with Crippen molar-refractivity contribution in [2.24, 2.45) is 0 Å². The SMILES string of the molecule is O=S(=O)(c1cccc2ncccc12)N1CC(O)(c2ccccc2F)C1. The Hall–Kier alpha value is -2.35. The Morgan fingerprint density at radius 2 is 1.80 bits per heavy atom. The van der Waals surface area contributed by atoms with Crippen LogP contribution < -0.4 is 0 Å². The topological polar surface area (TPSA) is 70.5 Å². The molecule has 0 unspecified atom stereocenters. The number of hydrogen-bond acceptors (Lipinski definition) is 4. The van der Waals surface area contributed by atoms with Crippen LogP contribution in [0.2, 0.25) is 0 Å².